The summed E-state index contributed by atoms with van der Waals surface area (Å²) in [6, 6.07) is 5.05. The molecule has 2 N–H and O–H groups in total. The lowest BCUT2D eigenvalue weighted by Crippen LogP contribution is -2.38. The summed E-state index contributed by atoms with van der Waals surface area (Å²) in [7, 11) is 1.56. The lowest BCUT2D eigenvalue weighted by molar-refractivity contribution is -0.149. The highest BCUT2D eigenvalue weighted by Crippen LogP contribution is 2.49. The number of amides is 2. The van der Waals surface area contributed by atoms with E-state index in [1.807, 2.05) is 0 Å². The van der Waals surface area contributed by atoms with Gasteiger partial charge in [-0.2, -0.15) is 0 Å². The SMILES string of the molecule is COc1ccc(Br)c(NC(=O)N2C[C@@H]3CCC[C@@]3(C(=O)O)C2)c1. The highest BCUT2D eigenvalue weighted by atomic mass is 79.9. The molecule has 0 bridgehead atoms. The Labute approximate surface area is 142 Å². The first-order valence-corrected chi connectivity index (χ1v) is 8.38. The number of likely N-dealkylation sites (tertiary alicyclic amines) is 1. The van der Waals surface area contributed by atoms with Gasteiger partial charge in [-0.25, -0.2) is 4.79 Å². The zero-order valence-electron chi connectivity index (χ0n) is 12.8. The number of nitrogens with one attached hydrogen (secondary N) is 1. The van der Waals surface area contributed by atoms with Crippen LogP contribution in [0.1, 0.15) is 19.3 Å². The van der Waals surface area contributed by atoms with Crippen LogP contribution in [0.4, 0.5) is 10.5 Å². The number of aliphatic carboxylic acids is 1. The third-order valence-corrected chi connectivity index (χ3v) is 5.69. The number of urea groups is 1. The number of methoxy groups -OCH3 is 1. The average Bonchev–Trinajstić information content (AvgIpc) is 3.07. The number of nitrogens with zero attached hydrogens (tertiary/aromatic N) is 1. The van der Waals surface area contributed by atoms with Crippen molar-refractivity contribution >= 4 is 33.6 Å². The van der Waals surface area contributed by atoms with Crippen LogP contribution in [0, 0.1) is 11.3 Å². The average molecular weight is 383 g/mol. The van der Waals surface area contributed by atoms with Crippen LogP contribution < -0.4 is 10.1 Å². The number of rotatable bonds is 3. The largest absolute Gasteiger partial charge is 0.497 e. The Morgan fingerprint density at radius 2 is 2.26 bits per heavy atom. The monoisotopic (exact) mass is 382 g/mol. The van der Waals surface area contributed by atoms with Crippen LogP contribution in [0.2, 0.25) is 0 Å². The number of carboxylic acids is 1. The van der Waals surface area contributed by atoms with Gasteiger partial charge in [-0.3, -0.25) is 4.79 Å². The number of anilines is 1. The Balaban J connectivity index is 1.74. The summed E-state index contributed by atoms with van der Waals surface area (Å²) in [5.74, 6) is -0.0823. The molecule has 0 unspecified atom stereocenters. The van der Waals surface area contributed by atoms with E-state index in [1.165, 1.54) is 0 Å². The lowest BCUT2D eigenvalue weighted by atomic mass is 9.81. The van der Waals surface area contributed by atoms with Gasteiger partial charge in [-0.05, 0) is 46.8 Å². The Morgan fingerprint density at radius 1 is 1.48 bits per heavy atom. The molecule has 2 aliphatic rings. The fourth-order valence-electron chi connectivity index (χ4n) is 3.71. The van der Waals surface area contributed by atoms with Crippen molar-refractivity contribution in [2.24, 2.45) is 11.3 Å². The van der Waals surface area contributed by atoms with Crippen molar-refractivity contribution in [2.75, 3.05) is 25.5 Å². The van der Waals surface area contributed by atoms with E-state index in [4.69, 9.17) is 4.74 Å². The van der Waals surface area contributed by atoms with Gasteiger partial charge in [-0.15, -0.1) is 0 Å². The van der Waals surface area contributed by atoms with Crippen molar-refractivity contribution in [3.63, 3.8) is 0 Å². The highest BCUT2D eigenvalue weighted by molar-refractivity contribution is 9.10. The van der Waals surface area contributed by atoms with Crippen LogP contribution in [0.15, 0.2) is 22.7 Å². The number of carbonyl (C=O) groups is 2. The Kier molecular flexibility index (Phi) is 4.23. The van der Waals surface area contributed by atoms with Gasteiger partial charge in [0.25, 0.3) is 0 Å². The fraction of sp³-hybridized carbons (Fsp3) is 0.500. The molecule has 2 amide bonds. The van der Waals surface area contributed by atoms with E-state index in [1.54, 1.807) is 30.2 Å². The fourth-order valence-corrected chi connectivity index (χ4v) is 4.06. The van der Waals surface area contributed by atoms with E-state index in [9.17, 15) is 14.7 Å². The number of ether oxygens (including phenoxy) is 1. The van der Waals surface area contributed by atoms with Crippen LogP contribution >= 0.6 is 15.9 Å². The third kappa shape index (κ3) is 2.78. The summed E-state index contributed by atoms with van der Waals surface area (Å²) in [6.07, 6.45) is 2.45. The molecular formula is C16H19BrN2O4. The molecule has 1 aromatic rings. The molecule has 23 heavy (non-hydrogen) atoms. The summed E-state index contributed by atoms with van der Waals surface area (Å²) in [4.78, 5) is 25.8. The zero-order valence-corrected chi connectivity index (χ0v) is 14.4. The summed E-state index contributed by atoms with van der Waals surface area (Å²) >= 11 is 3.40. The first kappa shape index (κ1) is 16.1. The maximum absolute atomic E-state index is 12.5. The van der Waals surface area contributed by atoms with Crippen LogP contribution in [-0.2, 0) is 4.79 Å². The van der Waals surface area contributed by atoms with Crippen molar-refractivity contribution in [2.45, 2.75) is 19.3 Å². The molecule has 1 heterocycles. The molecule has 3 rings (SSSR count). The summed E-state index contributed by atoms with van der Waals surface area (Å²) in [6.45, 7) is 0.778. The molecule has 1 aliphatic heterocycles. The molecule has 1 aliphatic carbocycles. The van der Waals surface area contributed by atoms with Gasteiger partial charge in [0, 0.05) is 23.6 Å². The second kappa shape index (κ2) is 6.03. The van der Waals surface area contributed by atoms with Crippen molar-refractivity contribution in [1.29, 1.82) is 0 Å². The summed E-state index contributed by atoms with van der Waals surface area (Å²) in [5, 5.41) is 12.4. The molecule has 124 valence electrons. The number of benzene rings is 1. The van der Waals surface area contributed by atoms with Crippen LogP contribution in [0.3, 0.4) is 0 Å². The molecule has 2 atom stereocenters. The molecule has 6 nitrogen and oxygen atoms in total. The predicted octanol–water partition coefficient (Wildman–Crippen LogP) is 3.18. The van der Waals surface area contributed by atoms with Crippen molar-refractivity contribution in [3.8, 4) is 5.75 Å². The van der Waals surface area contributed by atoms with E-state index in [2.05, 4.69) is 21.2 Å². The molecule has 1 saturated carbocycles. The minimum absolute atomic E-state index is 0.0551. The summed E-state index contributed by atoms with van der Waals surface area (Å²) in [5.41, 5.74) is -0.154. The van der Waals surface area contributed by atoms with Gasteiger partial charge in [0.05, 0.1) is 18.2 Å². The lowest BCUT2D eigenvalue weighted by Gasteiger charge is -2.23. The number of carboxylic acid groups (broad SMARTS) is 1. The standard InChI is InChI=1S/C16H19BrN2O4/c1-23-11-4-5-12(17)13(7-11)18-15(22)19-8-10-3-2-6-16(10,9-19)14(20)21/h4-5,7,10H,2-3,6,8-9H2,1H3,(H,18,22)(H,20,21)/t10-,16+/m0/s1. The van der Waals surface area contributed by atoms with E-state index < -0.39 is 11.4 Å². The number of halogens is 1. The van der Waals surface area contributed by atoms with Gasteiger partial charge in [0.15, 0.2) is 0 Å². The molecule has 1 aromatic carbocycles. The molecule has 0 radical (unpaired) electrons. The molecular weight excluding hydrogens is 364 g/mol. The Morgan fingerprint density at radius 3 is 2.91 bits per heavy atom. The number of hydrogen-bond acceptors (Lipinski definition) is 3. The van der Waals surface area contributed by atoms with E-state index in [0.717, 1.165) is 17.3 Å². The van der Waals surface area contributed by atoms with Crippen molar-refractivity contribution < 1.29 is 19.4 Å². The Hall–Kier alpha value is -1.76. The number of carbonyl (C=O) groups excluding carboxylic acids is 1. The van der Waals surface area contributed by atoms with Crippen LogP contribution in [-0.4, -0.2) is 42.2 Å². The van der Waals surface area contributed by atoms with Gasteiger partial charge in [0.2, 0.25) is 0 Å². The zero-order chi connectivity index (χ0) is 16.6. The quantitative estimate of drug-likeness (QED) is 0.841. The minimum atomic E-state index is -0.780. The smallest absolute Gasteiger partial charge is 0.321 e. The maximum Gasteiger partial charge on any atom is 0.321 e. The molecule has 1 saturated heterocycles. The minimum Gasteiger partial charge on any atom is -0.497 e. The van der Waals surface area contributed by atoms with Gasteiger partial charge >= 0.3 is 12.0 Å². The molecule has 0 spiro atoms. The first-order chi connectivity index (χ1) is 11.0. The number of hydrogen-bond donors (Lipinski definition) is 2. The topological polar surface area (TPSA) is 78.9 Å². The number of fused-ring (bicyclic) bond motifs is 1. The van der Waals surface area contributed by atoms with E-state index in [-0.39, 0.29) is 18.5 Å². The van der Waals surface area contributed by atoms with Crippen molar-refractivity contribution in [1.82, 2.24) is 4.90 Å². The van der Waals surface area contributed by atoms with E-state index in [0.29, 0.717) is 24.4 Å². The van der Waals surface area contributed by atoms with Gasteiger partial charge < -0.3 is 20.1 Å². The van der Waals surface area contributed by atoms with E-state index >= 15 is 0 Å². The third-order valence-electron chi connectivity index (χ3n) is 5.00. The predicted molar refractivity (Wildman–Crippen MR) is 88.7 cm³/mol. The normalized spacial score (nSPS) is 26.0. The maximum atomic E-state index is 12.5. The second-order valence-electron chi connectivity index (χ2n) is 6.21. The molecule has 7 heteroatoms. The first-order valence-electron chi connectivity index (χ1n) is 7.59. The van der Waals surface area contributed by atoms with Crippen molar-refractivity contribution in [3.05, 3.63) is 22.7 Å². The second-order valence-corrected chi connectivity index (χ2v) is 7.06. The van der Waals surface area contributed by atoms with Gasteiger partial charge in [-0.1, -0.05) is 6.42 Å². The van der Waals surface area contributed by atoms with Crippen LogP contribution in [0.25, 0.3) is 0 Å². The summed E-state index contributed by atoms with van der Waals surface area (Å²) < 4.78 is 5.91. The van der Waals surface area contributed by atoms with Gasteiger partial charge in [0.1, 0.15) is 5.75 Å². The molecule has 2 fully saturated rings. The van der Waals surface area contributed by atoms with Crippen LogP contribution in [0.5, 0.6) is 5.75 Å². The molecule has 0 aromatic heterocycles. The highest BCUT2D eigenvalue weighted by Gasteiger charge is 2.55. The Bertz CT molecular complexity index is 651.